The van der Waals surface area contributed by atoms with Crippen LogP contribution < -0.4 is 0 Å². The topological polar surface area (TPSA) is 43.6 Å². The maximum absolute atomic E-state index is 5.12. The standard InChI is InChI=1S/C43H26N4S/c1-3-13-27(14-4-1)41-44-42(28-15-5-2-6-16-28)46-43(45-41)33-21-12-24-37-40(33)32-20-11-19-31-36(25-26-38(48-37)39(31)32)47-34-22-9-7-17-29(34)30-18-8-10-23-35(30)47/h1-26H. The number of nitrogens with zero attached hydrogens (tertiary/aromatic N) is 4. The third-order valence-corrected chi connectivity index (χ3v) is 10.4. The van der Waals surface area contributed by atoms with E-state index in [-0.39, 0.29) is 0 Å². The van der Waals surface area contributed by atoms with Gasteiger partial charge in [-0.2, -0.15) is 0 Å². The van der Waals surface area contributed by atoms with Crippen LogP contribution in [0.4, 0.5) is 0 Å². The molecular weight excluding hydrogens is 605 g/mol. The van der Waals surface area contributed by atoms with Crippen LogP contribution in [0.1, 0.15) is 0 Å². The van der Waals surface area contributed by atoms with Crippen molar-refractivity contribution in [3.63, 3.8) is 0 Å². The number of rotatable bonds is 4. The van der Waals surface area contributed by atoms with Crippen LogP contribution in [0.5, 0.6) is 0 Å². The van der Waals surface area contributed by atoms with E-state index in [1.54, 1.807) is 0 Å². The second-order valence-corrected chi connectivity index (χ2v) is 13.1. The number of aromatic nitrogens is 4. The second-order valence-electron chi connectivity index (χ2n) is 12.0. The fourth-order valence-corrected chi connectivity index (χ4v) is 8.32. The molecule has 4 nitrogen and oxygen atoms in total. The molecule has 0 saturated heterocycles. The largest absolute Gasteiger partial charge is 0.309 e. The Morgan fingerprint density at radius 2 is 0.938 bits per heavy atom. The molecular formula is C43H26N4S. The Balaban J connectivity index is 1.23. The van der Waals surface area contributed by atoms with Crippen molar-refractivity contribution in [2.45, 2.75) is 9.79 Å². The molecule has 1 aliphatic heterocycles. The summed E-state index contributed by atoms with van der Waals surface area (Å²) >= 11 is 1.82. The molecule has 3 heterocycles. The monoisotopic (exact) mass is 630 g/mol. The van der Waals surface area contributed by atoms with Crippen LogP contribution in [0, 0.1) is 0 Å². The third-order valence-electron chi connectivity index (χ3n) is 9.26. The number of hydrogen-bond donors (Lipinski definition) is 0. The minimum atomic E-state index is 0.660. The molecule has 0 spiro atoms. The molecule has 48 heavy (non-hydrogen) atoms. The average Bonchev–Trinajstić information content (AvgIpc) is 3.49. The van der Waals surface area contributed by atoms with E-state index in [1.807, 2.05) is 48.2 Å². The zero-order chi connectivity index (χ0) is 31.6. The highest BCUT2D eigenvalue weighted by Gasteiger charge is 2.26. The van der Waals surface area contributed by atoms with E-state index in [9.17, 15) is 0 Å². The van der Waals surface area contributed by atoms with Gasteiger partial charge >= 0.3 is 0 Å². The van der Waals surface area contributed by atoms with E-state index in [0.29, 0.717) is 17.5 Å². The molecule has 0 aliphatic carbocycles. The van der Waals surface area contributed by atoms with Crippen molar-refractivity contribution in [2.75, 3.05) is 0 Å². The van der Waals surface area contributed by atoms with Crippen molar-refractivity contribution in [3.8, 4) is 51.0 Å². The summed E-state index contributed by atoms with van der Waals surface area (Å²) in [5.41, 5.74) is 8.85. The van der Waals surface area contributed by atoms with E-state index < -0.39 is 0 Å². The molecule has 0 fully saturated rings. The summed E-state index contributed by atoms with van der Waals surface area (Å²) < 4.78 is 2.42. The fraction of sp³-hybridized carbons (Fsp3) is 0. The normalized spacial score (nSPS) is 12.1. The molecule has 0 amide bonds. The Labute approximate surface area is 281 Å². The Morgan fingerprint density at radius 1 is 0.396 bits per heavy atom. The summed E-state index contributed by atoms with van der Waals surface area (Å²) in [4.78, 5) is 17.6. The summed E-state index contributed by atoms with van der Waals surface area (Å²) in [6.07, 6.45) is 0. The average molecular weight is 631 g/mol. The molecule has 7 aromatic carbocycles. The lowest BCUT2D eigenvalue weighted by atomic mass is 9.93. The van der Waals surface area contributed by atoms with Gasteiger partial charge < -0.3 is 4.57 Å². The van der Waals surface area contributed by atoms with Gasteiger partial charge in [0.2, 0.25) is 0 Å². The van der Waals surface area contributed by atoms with Crippen LogP contribution >= 0.6 is 11.8 Å². The number of fused-ring (bicyclic) bond motifs is 5. The minimum Gasteiger partial charge on any atom is -0.309 e. The highest BCUT2D eigenvalue weighted by molar-refractivity contribution is 7.99. The molecule has 9 aromatic rings. The van der Waals surface area contributed by atoms with Crippen molar-refractivity contribution in [1.29, 1.82) is 0 Å². The first-order valence-corrected chi connectivity index (χ1v) is 16.9. The van der Waals surface area contributed by atoms with Gasteiger partial charge in [-0.15, -0.1) is 0 Å². The van der Waals surface area contributed by atoms with Crippen LogP contribution in [0.15, 0.2) is 168 Å². The van der Waals surface area contributed by atoms with Gasteiger partial charge in [-0.25, -0.2) is 15.0 Å². The van der Waals surface area contributed by atoms with Gasteiger partial charge in [-0.05, 0) is 35.9 Å². The maximum atomic E-state index is 5.12. The molecule has 0 unspecified atom stereocenters. The molecule has 10 rings (SSSR count). The molecule has 0 radical (unpaired) electrons. The molecule has 2 aromatic heterocycles. The second kappa shape index (κ2) is 10.8. The Morgan fingerprint density at radius 3 is 1.60 bits per heavy atom. The van der Waals surface area contributed by atoms with Crippen molar-refractivity contribution < 1.29 is 0 Å². The van der Waals surface area contributed by atoms with Gasteiger partial charge in [-0.3, -0.25) is 0 Å². The lowest BCUT2D eigenvalue weighted by Crippen LogP contribution is -2.03. The predicted molar refractivity (Wildman–Crippen MR) is 198 cm³/mol. The van der Waals surface area contributed by atoms with Crippen LogP contribution in [-0.2, 0) is 0 Å². The molecule has 0 bridgehead atoms. The molecule has 5 heteroatoms. The quantitative estimate of drug-likeness (QED) is 0.194. The summed E-state index contributed by atoms with van der Waals surface area (Å²) in [7, 11) is 0. The molecule has 0 N–H and O–H groups in total. The van der Waals surface area contributed by atoms with Crippen molar-refractivity contribution in [3.05, 3.63) is 158 Å². The Hall–Kier alpha value is -6.04. The van der Waals surface area contributed by atoms with E-state index in [1.165, 1.54) is 53.6 Å². The highest BCUT2D eigenvalue weighted by atomic mass is 32.2. The van der Waals surface area contributed by atoms with Crippen LogP contribution in [0.25, 0.3) is 83.6 Å². The molecule has 0 atom stereocenters. The van der Waals surface area contributed by atoms with Crippen LogP contribution in [0.2, 0.25) is 0 Å². The third kappa shape index (κ3) is 4.15. The highest BCUT2D eigenvalue weighted by Crippen LogP contribution is 2.52. The van der Waals surface area contributed by atoms with E-state index in [2.05, 4.69) is 126 Å². The van der Waals surface area contributed by atoms with Crippen molar-refractivity contribution in [2.24, 2.45) is 0 Å². The SMILES string of the molecule is c1ccc(-c2nc(-c3ccccc3)nc(-c3cccc4c3-c3cccc5c(-n6c7ccccc7c7ccccc76)ccc(c35)S4)n2)cc1. The summed E-state index contributed by atoms with van der Waals surface area (Å²) in [5, 5.41) is 4.99. The minimum absolute atomic E-state index is 0.660. The first-order valence-electron chi connectivity index (χ1n) is 16.0. The summed E-state index contributed by atoms with van der Waals surface area (Å²) in [6, 6.07) is 55.5. The summed E-state index contributed by atoms with van der Waals surface area (Å²) in [6.45, 7) is 0. The van der Waals surface area contributed by atoms with E-state index in [4.69, 9.17) is 15.0 Å². The van der Waals surface area contributed by atoms with Gasteiger partial charge in [0.1, 0.15) is 0 Å². The lowest BCUT2D eigenvalue weighted by Gasteiger charge is -2.24. The summed E-state index contributed by atoms with van der Waals surface area (Å²) in [5.74, 6) is 1.99. The molecule has 0 saturated carbocycles. The van der Waals surface area contributed by atoms with Crippen molar-refractivity contribution in [1.82, 2.24) is 19.5 Å². The zero-order valence-corrected chi connectivity index (χ0v) is 26.5. The fourth-order valence-electron chi connectivity index (χ4n) is 7.16. The van der Waals surface area contributed by atoms with E-state index >= 15 is 0 Å². The predicted octanol–water partition coefficient (Wildman–Crippen LogP) is 11.3. The van der Waals surface area contributed by atoms with E-state index in [0.717, 1.165) is 22.3 Å². The number of hydrogen-bond acceptors (Lipinski definition) is 4. The smallest absolute Gasteiger partial charge is 0.164 e. The van der Waals surface area contributed by atoms with Gasteiger partial charge in [0.05, 0.1) is 16.7 Å². The molecule has 1 aliphatic rings. The first kappa shape index (κ1) is 27.1. The number of benzene rings is 7. The van der Waals surface area contributed by atoms with Crippen LogP contribution in [0.3, 0.4) is 0 Å². The molecule has 224 valence electrons. The van der Waals surface area contributed by atoms with Crippen molar-refractivity contribution >= 4 is 44.3 Å². The first-order chi connectivity index (χ1) is 23.8. The van der Waals surface area contributed by atoms with Gasteiger partial charge in [0.15, 0.2) is 17.5 Å². The lowest BCUT2D eigenvalue weighted by molar-refractivity contribution is 1.07. The van der Waals surface area contributed by atoms with Gasteiger partial charge in [0.25, 0.3) is 0 Å². The number of para-hydroxylation sites is 2. The van der Waals surface area contributed by atoms with Gasteiger partial charge in [0, 0.05) is 53.6 Å². The zero-order valence-electron chi connectivity index (χ0n) is 25.7. The van der Waals surface area contributed by atoms with Gasteiger partial charge in [-0.1, -0.05) is 139 Å². The Kier molecular flexibility index (Phi) is 6.08. The van der Waals surface area contributed by atoms with Crippen LogP contribution in [-0.4, -0.2) is 19.5 Å². The Bertz CT molecular complexity index is 2590. The maximum Gasteiger partial charge on any atom is 0.164 e.